The van der Waals surface area contributed by atoms with Crippen LogP contribution in [0.15, 0.2) is 0 Å². The minimum Gasteiger partial charge on any atom is -0.353 e. The first kappa shape index (κ1) is 10.5. The van der Waals surface area contributed by atoms with Crippen LogP contribution in [0.25, 0.3) is 0 Å². The van der Waals surface area contributed by atoms with Gasteiger partial charge in [0.15, 0.2) is 6.29 Å². The summed E-state index contributed by atoms with van der Waals surface area (Å²) in [4.78, 5) is 0. The van der Waals surface area contributed by atoms with Crippen LogP contribution in [0.5, 0.6) is 0 Å². The number of alkyl halides is 1. The van der Waals surface area contributed by atoms with E-state index in [9.17, 15) is 0 Å². The van der Waals surface area contributed by atoms with Gasteiger partial charge in [-0.3, -0.25) is 0 Å². The Bertz CT molecular complexity index is 113. The maximum atomic E-state index is 5.68. The normalized spacial score (nSPS) is 27.0. The van der Waals surface area contributed by atoms with Crippen molar-refractivity contribution in [2.45, 2.75) is 45.0 Å². The van der Waals surface area contributed by atoms with Crippen molar-refractivity contribution in [2.75, 3.05) is 11.9 Å². The smallest absolute Gasteiger partial charge is 0.157 e. The number of hydrogen-bond donors (Lipinski definition) is 0. The van der Waals surface area contributed by atoms with E-state index in [1.165, 1.54) is 12.8 Å². The first-order chi connectivity index (χ1) is 5.83. The molecule has 0 aromatic heterocycles. The highest BCUT2D eigenvalue weighted by molar-refractivity contribution is 9.09. The third kappa shape index (κ3) is 3.87. The summed E-state index contributed by atoms with van der Waals surface area (Å²) < 4.78 is 11.1. The van der Waals surface area contributed by atoms with Crippen molar-refractivity contribution in [3.05, 3.63) is 0 Å². The Morgan fingerprint density at radius 3 is 3.00 bits per heavy atom. The molecule has 72 valence electrons. The van der Waals surface area contributed by atoms with Gasteiger partial charge in [-0.2, -0.15) is 0 Å². The van der Waals surface area contributed by atoms with Gasteiger partial charge in [0.1, 0.15) is 0 Å². The molecule has 0 saturated carbocycles. The summed E-state index contributed by atoms with van der Waals surface area (Å²) >= 11 is 3.39. The second-order valence-corrected chi connectivity index (χ2v) is 4.01. The molecule has 0 aromatic rings. The molecule has 0 spiro atoms. The molecule has 0 aromatic carbocycles. The van der Waals surface area contributed by atoms with Crippen LogP contribution in [0, 0.1) is 0 Å². The zero-order valence-corrected chi connectivity index (χ0v) is 9.18. The van der Waals surface area contributed by atoms with E-state index >= 15 is 0 Å². The average Bonchev–Trinajstić information content (AvgIpc) is 2.06. The number of hydrogen-bond acceptors (Lipinski definition) is 2. The molecule has 0 N–H and O–H groups in total. The molecule has 3 heteroatoms. The van der Waals surface area contributed by atoms with Crippen molar-refractivity contribution in [3.8, 4) is 0 Å². The highest BCUT2D eigenvalue weighted by atomic mass is 79.9. The van der Waals surface area contributed by atoms with Crippen LogP contribution >= 0.6 is 15.9 Å². The molecular formula is C9H17BrO2. The molecule has 1 saturated heterocycles. The van der Waals surface area contributed by atoms with E-state index in [1.54, 1.807) is 0 Å². The first-order valence-electron chi connectivity index (χ1n) is 4.66. The van der Waals surface area contributed by atoms with Gasteiger partial charge in [0.05, 0.1) is 6.10 Å². The van der Waals surface area contributed by atoms with E-state index in [0.717, 1.165) is 24.8 Å². The summed E-state index contributed by atoms with van der Waals surface area (Å²) in [6.45, 7) is 2.96. The zero-order chi connectivity index (χ0) is 8.81. The van der Waals surface area contributed by atoms with Crippen LogP contribution in [0.4, 0.5) is 0 Å². The van der Waals surface area contributed by atoms with Gasteiger partial charge in [0.2, 0.25) is 0 Å². The molecule has 1 unspecified atom stereocenters. The summed E-state index contributed by atoms with van der Waals surface area (Å²) in [5.41, 5.74) is 0. The van der Waals surface area contributed by atoms with E-state index in [0.29, 0.717) is 6.10 Å². The fourth-order valence-electron chi connectivity index (χ4n) is 1.30. The monoisotopic (exact) mass is 236 g/mol. The zero-order valence-electron chi connectivity index (χ0n) is 7.59. The third-order valence-electron chi connectivity index (χ3n) is 2.04. The summed E-state index contributed by atoms with van der Waals surface area (Å²) in [6.07, 6.45) is 4.92. The molecule has 0 radical (unpaired) electrons. The van der Waals surface area contributed by atoms with E-state index < -0.39 is 0 Å². The van der Waals surface area contributed by atoms with Crippen LogP contribution in [0.2, 0.25) is 0 Å². The van der Waals surface area contributed by atoms with Crippen LogP contribution < -0.4 is 0 Å². The topological polar surface area (TPSA) is 18.5 Å². The predicted molar refractivity (Wildman–Crippen MR) is 52.5 cm³/mol. The van der Waals surface area contributed by atoms with E-state index in [-0.39, 0.29) is 6.29 Å². The molecule has 1 aliphatic heterocycles. The standard InChI is InChI=1S/C9H17BrO2/c1-8(5-6-10)12-9-4-2-3-7-11-9/h8-9H,2-7H2,1H3/t8-,9?/m1/s1. The Labute approximate surface area is 82.7 Å². The summed E-state index contributed by atoms with van der Waals surface area (Å²) in [7, 11) is 0. The molecule has 0 amide bonds. The van der Waals surface area contributed by atoms with Crippen LogP contribution in [0.3, 0.4) is 0 Å². The van der Waals surface area contributed by atoms with Crippen molar-refractivity contribution in [3.63, 3.8) is 0 Å². The molecule has 0 bridgehead atoms. The van der Waals surface area contributed by atoms with Gasteiger partial charge in [-0.25, -0.2) is 0 Å². The van der Waals surface area contributed by atoms with Crippen molar-refractivity contribution < 1.29 is 9.47 Å². The van der Waals surface area contributed by atoms with Gasteiger partial charge < -0.3 is 9.47 Å². The van der Waals surface area contributed by atoms with Crippen molar-refractivity contribution in [2.24, 2.45) is 0 Å². The van der Waals surface area contributed by atoms with Gasteiger partial charge in [-0.15, -0.1) is 0 Å². The van der Waals surface area contributed by atoms with E-state index in [2.05, 4.69) is 22.9 Å². The molecule has 2 nitrogen and oxygen atoms in total. The maximum absolute atomic E-state index is 5.68. The summed E-state index contributed by atoms with van der Waals surface area (Å²) in [5.74, 6) is 0. The van der Waals surface area contributed by atoms with Crippen LogP contribution in [0.1, 0.15) is 32.6 Å². The molecule has 2 atom stereocenters. The highest BCUT2D eigenvalue weighted by Crippen LogP contribution is 2.16. The second-order valence-electron chi connectivity index (χ2n) is 3.22. The van der Waals surface area contributed by atoms with E-state index in [1.807, 2.05) is 0 Å². The van der Waals surface area contributed by atoms with Gasteiger partial charge in [-0.1, -0.05) is 15.9 Å². The minimum absolute atomic E-state index is 0.0628. The Hall–Kier alpha value is 0.400. The van der Waals surface area contributed by atoms with Gasteiger partial charge in [-0.05, 0) is 32.6 Å². The lowest BCUT2D eigenvalue weighted by molar-refractivity contribution is -0.184. The SMILES string of the molecule is C[C@H](CCBr)OC1CCCCO1. The van der Waals surface area contributed by atoms with Crippen molar-refractivity contribution in [1.82, 2.24) is 0 Å². The largest absolute Gasteiger partial charge is 0.353 e. The van der Waals surface area contributed by atoms with Gasteiger partial charge in [0.25, 0.3) is 0 Å². The Kier molecular flexibility index (Phi) is 5.19. The lowest BCUT2D eigenvalue weighted by Gasteiger charge is -2.25. The van der Waals surface area contributed by atoms with Crippen LogP contribution in [-0.2, 0) is 9.47 Å². The minimum atomic E-state index is 0.0628. The molecule has 0 aliphatic carbocycles. The Morgan fingerprint density at radius 1 is 1.58 bits per heavy atom. The lowest BCUT2D eigenvalue weighted by Crippen LogP contribution is -2.26. The number of halogens is 1. The second kappa shape index (κ2) is 5.95. The molecule has 12 heavy (non-hydrogen) atoms. The van der Waals surface area contributed by atoms with Gasteiger partial charge in [0, 0.05) is 11.9 Å². The Morgan fingerprint density at radius 2 is 2.42 bits per heavy atom. The predicted octanol–water partition coefficient (Wildman–Crippen LogP) is 2.70. The molecule has 1 aliphatic rings. The summed E-state index contributed by atoms with van der Waals surface area (Å²) in [5, 5.41) is 1.00. The fourth-order valence-corrected chi connectivity index (χ4v) is 1.94. The first-order valence-corrected chi connectivity index (χ1v) is 5.78. The van der Waals surface area contributed by atoms with Crippen molar-refractivity contribution >= 4 is 15.9 Å². The summed E-state index contributed by atoms with van der Waals surface area (Å²) in [6, 6.07) is 0. The molecule has 1 fully saturated rings. The van der Waals surface area contributed by atoms with E-state index in [4.69, 9.17) is 9.47 Å². The molecular weight excluding hydrogens is 220 g/mol. The highest BCUT2D eigenvalue weighted by Gasteiger charge is 2.16. The quantitative estimate of drug-likeness (QED) is 0.700. The molecule has 1 rings (SSSR count). The third-order valence-corrected chi connectivity index (χ3v) is 2.50. The fraction of sp³-hybridized carbons (Fsp3) is 1.00. The van der Waals surface area contributed by atoms with Crippen molar-refractivity contribution in [1.29, 1.82) is 0 Å². The maximum Gasteiger partial charge on any atom is 0.157 e. The lowest BCUT2D eigenvalue weighted by atomic mass is 10.2. The van der Waals surface area contributed by atoms with Crippen LogP contribution in [-0.4, -0.2) is 24.3 Å². The molecule has 1 heterocycles. The average molecular weight is 237 g/mol. The number of rotatable bonds is 4. The van der Waals surface area contributed by atoms with Gasteiger partial charge >= 0.3 is 0 Å². The number of ether oxygens (including phenoxy) is 2. The Balaban J connectivity index is 2.11.